The van der Waals surface area contributed by atoms with Gasteiger partial charge in [0, 0.05) is 18.8 Å². The molecule has 1 aromatic carbocycles. The van der Waals surface area contributed by atoms with Gasteiger partial charge in [-0.05, 0) is 43.9 Å². The molecule has 0 heterocycles. The zero-order valence-corrected chi connectivity index (χ0v) is 11.5. The number of nitrogens with two attached hydrogens (primary N) is 1. The average molecular weight is 264 g/mol. The van der Waals surface area contributed by atoms with E-state index in [9.17, 15) is 9.18 Å². The van der Waals surface area contributed by atoms with E-state index in [0.717, 1.165) is 12.8 Å². The van der Waals surface area contributed by atoms with E-state index in [1.165, 1.54) is 12.1 Å². The van der Waals surface area contributed by atoms with Crippen LogP contribution in [0, 0.1) is 17.2 Å². The van der Waals surface area contributed by atoms with Gasteiger partial charge in [-0.3, -0.25) is 4.79 Å². The smallest absolute Gasteiger partial charge is 0.234 e. The first-order chi connectivity index (χ1) is 9.02. The van der Waals surface area contributed by atoms with E-state index in [1.807, 2.05) is 6.92 Å². The zero-order valence-electron chi connectivity index (χ0n) is 11.5. The van der Waals surface area contributed by atoms with Crippen LogP contribution in [-0.2, 0) is 4.79 Å². The summed E-state index contributed by atoms with van der Waals surface area (Å²) in [5, 5.41) is 0. The average Bonchev–Trinajstić information content (AvgIpc) is 2.35. The van der Waals surface area contributed by atoms with Crippen LogP contribution in [0.2, 0.25) is 0 Å². The lowest BCUT2D eigenvalue weighted by Crippen LogP contribution is -2.54. The van der Waals surface area contributed by atoms with Gasteiger partial charge in [-0.2, -0.15) is 0 Å². The highest BCUT2D eigenvalue weighted by Gasteiger charge is 2.48. The van der Waals surface area contributed by atoms with Gasteiger partial charge >= 0.3 is 0 Å². The van der Waals surface area contributed by atoms with Crippen molar-refractivity contribution in [3.63, 3.8) is 0 Å². The van der Waals surface area contributed by atoms with Gasteiger partial charge in [-0.25, -0.2) is 4.39 Å². The molecule has 0 atom stereocenters. The molecule has 1 aliphatic carbocycles. The summed E-state index contributed by atoms with van der Waals surface area (Å²) in [6.45, 7) is 4.91. The van der Waals surface area contributed by atoms with Crippen LogP contribution in [0.3, 0.4) is 0 Å². The highest BCUT2D eigenvalue weighted by Crippen LogP contribution is 2.46. The fourth-order valence-electron chi connectivity index (χ4n) is 3.08. The van der Waals surface area contributed by atoms with Gasteiger partial charge in [0.2, 0.25) is 5.91 Å². The molecule has 1 aliphatic rings. The third-order valence-corrected chi connectivity index (χ3v) is 4.00. The van der Waals surface area contributed by atoms with Crippen LogP contribution in [-0.4, -0.2) is 19.0 Å². The number of halogens is 1. The summed E-state index contributed by atoms with van der Waals surface area (Å²) in [7, 11) is 0. The quantitative estimate of drug-likeness (QED) is 0.908. The lowest BCUT2D eigenvalue weighted by Gasteiger charge is -2.46. The largest absolute Gasteiger partial charge is 0.329 e. The molecule has 1 amide bonds. The summed E-state index contributed by atoms with van der Waals surface area (Å²) in [6, 6.07) is 6.16. The lowest BCUT2D eigenvalue weighted by atomic mass is 9.61. The van der Waals surface area contributed by atoms with Crippen LogP contribution >= 0.6 is 0 Å². The minimum atomic E-state index is -0.443. The maximum absolute atomic E-state index is 13.3. The Labute approximate surface area is 113 Å². The minimum absolute atomic E-state index is 0.0289. The SMILES string of the molecule is CCN(C(=O)C1(CN)CC(C)C1)c1cccc(F)c1. The molecular formula is C15H21FN2O. The molecule has 0 unspecified atom stereocenters. The fraction of sp³-hybridized carbons (Fsp3) is 0.533. The van der Waals surface area contributed by atoms with Gasteiger partial charge in [0.25, 0.3) is 0 Å². The molecule has 0 bridgehead atoms. The molecule has 4 heteroatoms. The van der Waals surface area contributed by atoms with E-state index in [1.54, 1.807) is 17.0 Å². The first-order valence-corrected chi connectivity index (χ1v) is 6.80. The Morgan fingerprint density at radius 1 is 1.53 bits per heavy atom. The summed E-state index contributed by atoms with van der Waals surface area (Å²) >= 11 is 0. The molecule has 2 rings (SSSR count). The minimum Gasteiger partial charge on any atom is -0.329 e. The number of anilines is 1. The molecule has 0 saturated heterocycles. The van der Waals surface area contributed by atoms with Crippen molar-refractivity contribution >= 4 is 11.6 Å². The summed E-state index contributed by atoms with van der Waals surface area (Å²) in [5.41, 5.74) is 5.98. The maximum atomic E-state index is 13.3. The molecule has 1 aromatic rings. The Hall–Kier alpha value is -1.42. The molecule has 0 aromatic heterocycles. The number of hydrogen-bond acceptors (Lipinski definition) is 2. The van der Waals surface area contributed by atoms with Crippen LogP contribution in [0.5, 0.6) is 0 Å². The second kappa shape index (κ2) is 5.29. The Bertz CT molecular complexity index is 469. The van der Waals surface area contributed by atoms with Crippen LogP contribution in [0.15, 0.2) is 24.3 Å². The van der Waals surface area contributed by atoms with Crippen molar-refractivity contribution in [2.24, 2.45) is 17.1 Å². The molecular weight excluding hydrogens is 243 g/mol. The number of benzene rings is 1. The molecule has 0 radical (unpaired) electrons. The Kier molecular flexibility index (Phi) is 3.90. The summed E-state index contributed by atoms with van der Waals surface area (Å²) in [4.78, 5) is 14.3. The van der Waals surface area contributed by atoms with Gasteiger partial charge < -0.3 is 10.6 Å². The predicted molar refractivity (Wildman–Crippen MR) is 74.3 cm³/mol. The van der Waals surface area contributed by atoms with E-state index >= 15 is 0 Å². The first-order valence-electron chi connectivity index (χ1n) is 6.80. The van der Waals surface area contributed by atoms with Gasteiger partial charge in [-0.1, -0.05) is 13.0 Å². The predicted octanol–water partition coefficient (Wildman–Crippen LogP) is 2.55. The topological polar surface area (TPSA) is 46.3 Å². The maximum Gasteiger partial charge on any atom is 0.234 e. The molecule has 104 valence electrons. The first kappa shape index (κ1) is 14.0. The number of nitrogens with zero attached hydrogens (tertiary/aromatic N) is 1. The van der Waals surface area contributed by atoms with E-state index in [4.69, 9.17) is 5.73 Å². The number of hydrogen-bond donors (Lipinski definition) is 1. The van der Waals surface area contributed by atoms with E-state index in [0.29, 0.717) is 24.7 Å². The van der Waals surface area contributed by atoms with Crippen molar-refractivity contribution in [1.29, 1.82) is 0 Å². The van der Waals surface area contributed by atoms with Crippen molar-refractivity contribution < 1.29 is 9.18 Å². The second-order valence-electron chi connectivity index (χ2n) is 5.53. The Morgan fingerprint density at radius 3 is 2.68 bits per heavy atom. The van der Waals surface area contributed by atoms with Crippen molar-refractivity contribution in [2.45, 2.75) is 26.7 Å². The second-order valence-corrected chi connectivity index (χ2v) is 5.53. The van der Waals surface area contributed by atoms with Crippen molar-refractivity contribution in [2.75, 3.05) is 18.0 Å². The number of carbonyl (C=O) groups excluding carboxylic acids is 1. The van der Waals surface area contributed by atoms with Crippen molar-refractivity contribution in [3.05, 3.63) is 30.1 Å². The Morgan fingerprint density at radius 2 is 2.21 bits per heavy atom. The van der Waals surface area contributed by atoms with Crippen LogP contribution < -0.4 is 10.6 Å². The summed E-state index contributed by atoms with van der Waals surface area (Å²) < 4.78 is 13.3. The number of rotatable bonds is 4. The van der Waals surface area contributed by atoms with Gasteiger partial charge in [0.1, 0.15) is 5.82 Å². The van der Waals surface area contributed by atoms with Gasteiger partial charge in [0.15, 0.2) is 0 Å². The van der Waals surface area contributed by atoms with Gasteiger partial charge in [-0.15, -0.1) is 0 Å². The van der Waals surface area contributed by atoms with E-state index in [-0.39, 0.29) is 11.7 Å². The molecule has 3 nitrogen and oxygen atoms in total. The number of amides is 1. The highest BCUT2D eigenvalue weighted by molar-refractivity contribution is 5.98. The molecule has 0 spiro atoms. The molecule has 19 heavy (non-hydrogen) atoms. The number of carbonyl (C=O) groups is 1. The third-order valence-electron chi connectivity index (χ3n) is 4.00. The monoisotopic (exact) mass is 264 g/mol. The molecule has 2 N–H and O–H groups in total. The Balaban J connectivity index is 2.25. The molecule has 1 fully saturated rings. The van der Waals surface area contributed by atoms with Gasteiger partial charge in [0.05, 0.1) is 5.41 Å². The van der Waals surface area contributed by atoms with Crippen LogP contribution in [0.1, 0.15) is 26.7 Å². The molecule has 0 aliphatic heterocycles. The van der Waals surface area contributed by atoms with Crippen molar-refractivity contribution in [1.82, 2.24) is 0 Å². The van der Waals surface area contributed by atoms with E-state index in [2.05, 4.69) is 6.92 Å². The fourth-order valence-corrected chi connectivity index (χ4v) is 3.08. The zero-order chi connectivity index (χ0) is 14.0. The molecule has 1 saturated carbocycles. The van der Waals surface area contributed by atoms with Crippen LogP contribution in [0.25, 0.3) is 0 Å². The standard InChI is InChI=1S/C15H21FN2O/c1-3-18(13-6-4-5-12(16)7-13)14(19)15(10-17)8-11(2)9-15/h4-7,11H,3,8-10,17H2,1-2H3. The summed E-state index contributed by atoms with van der Waals surface area (Å²) in [6.07, 6.45) is 1.66. The van der Waals surface area contributed by atoms with Crippen molar-refractivity contribution in [3.8, 4) is 0 Å². The lowest BCUT2D eigenvalue weighted by molar-refractivity contribution is -0.135. The third kappa shape index (κ3) is 2.50. The highest BCUT2D eigenvalue weighted by atomic mass is 19.1. The van der Waals surface area contributed by atoms with E-state index < -0.39 is 5.41 Å². The summed E-state index contributed by atoms with van der Waals surface area (Å²) in [5.74, 6) is 0.243. The van der Waals surface area contributed by atoms with Crippen LogP contribution in [0.4, 0.5) is 10.1 Å². The normalized spacial score (nSPS) is 25.8.